The number of carboxylic acid groups (broad SMARTS) is 1. The van der Waals surface area contributed by atoms with Crippen LogP contribution in [0.15, 0.2) is 48.5 Å². The Morgan fingerprint density at radius 2 is 1.90 bits per heavy atom. The summed E-state index contributed by atoms with van der Waals surface area (Å²) < 4.78 is 5.07. The molecular formula is C16H16O4. The first kappa shape index (κ1) is 13.9. The summed E-state index contributed by atoms with van der Waals surface area (Å²) in [5, 5.41) is 18.8. The van der Waals surface area contributed by atoms with Crippen molar-refractivity contribution in [2.75, 3.05) is 7.11 Å². The highest BCUT2D eigenvalue weighted by atomic mass is 16.5. The summed E-state index contributed by atoms with van der Waals surface area (Å²) >= 11 is 0. The number of carboxylic acids is 1. The fraction of sp³-hybridized carbons (Fsp3) is 0.188. The highest BCUT2D eigenvalue weighted by molar-refractivity contribution is 5.76. The molecule has 2 aromatic carbocycles. The smallest absolute Gasteiger partial charge is 0.311 e. The second kappa shape index (κ2) is 6.10. The van der Waals surface area contributed by atoms with E-state index >= 15 is 0 Å². The minimum Gasteiger partial charge on any atom is -0.508 e. The molecule has 2 N–H and O–H groups in total. The molecule has 0 aliphatic rings. The van der Waals surface area contributed by atoms with Crippen LogP contribution in [0.5, 0.6) is 11.5 Å². The van der Waals surface area contributed by atoms with Crippen molar-refractivity contribution < 1.29 is 19.7 Å². The first-order valence-corrected chi connectivity index (χ1v) is 6.25. The fourth-order valence-corrected chi connectivity index (χ4v) is 2.09. The SMILES string of the molecule is COc1ccc(CC(C(=O)O)c2cccc(O)c2)cc1. The molecule has 1 atom stereocenters. The maximum Gasteiger partial charge on any atom is 0.311 e. The highest BCUT2D eigenvalue weighted by Gasteiger charge is 2.20. The third-order valence-corrected chi connectivity index (χ3v) is 3.17. The average Bonchev–Trinajstić information content (AvgIpc) is 2.45. The van der Waals surface area contributed by atoms with Crippen LogP contribution in [0, 0.1) is 0 Å². The van der Waals surface area contributed by atoms with E-state index < -0.39 is 11.9 Å². The van der Waals surface area contributed by atoms with E-state index in [1.165, 1.54) is 12.1 Å². The standard InChI is InChI=1S/C16H16O4/c1-20-14-7-5-11(6-8-14)9-15(16(18)19)12-3-2-4-13(17)10-12/h2-8,10,15,17H,9H2,1H3,(H,18,19). The predicted molar refractivity (Wildman–Crippen MR) is 75.2 cm³/mol. The van der Waals surface area contributed by atoms with Crippen molar-refractivity contribution in [1.29, 1.82) is 0 Å². The topological polar surface area (TPSA) is 66.8 Å². The lowest BCUT2D eigenvalue weighted by molar-refractivity contribution is -0.138. The van der Waals surface area contributed by atoms with Crippen LogP contribution in [-0.2, 0) is 11.2 Å². The molecule has 20 heavy (non-hydrogen) atoms. The maximum atomic E-state index is 11.4. The minimum absolute atomic E-state index is 0.0727. The second-order valence-electron chi connectivity index (χ2n) is 4.54. The molecular weight excluding hydrogens is 256 g/mol. The number of phenolic OH excluding ortho intramolecular Hbond substituents is 1. The Morgan fingerprint density at radius 3 is 2.45 bits per heavy atom. The average molecular weight is 272 g/mol. The van der Waals surface area contributed by atoms with Crippen molar-refractivity contribution in [2.24, 2.45) is 0 Å². The molecule has 0 heterocycles. The Kier molecular flexibility index (Phi) is 4.25. The van der Waals surface area contributed by atoms with Gasteiger partial charge in [-0.15, -0.1) is 0 Å². The molecule has 4 nitrogen and oxygen atoms in total. The Balaban J connectivity index is 2.23. The first-order valence-electron chi connectivity index (χ1n) is 6.25. The Bertz CT molecular complexity index is 590. The van der Waals surface area contributed by atoms with Gasteiger partial charge in [-0.2, -0.15) is 0 Å². The van der Waals surface area contributed by atoms with E-state index in [0.717, 1.165) is 11.3 Å². The molecule has 0 saturated heterocycles. The molecule has 0 spiro atoms. The van der Waals surface area contributed by atoms with Crippen molar-refractivity contribution in [3.05, 3.63) is 59.7 Å². The molecule has 104 valence electrons. The van der Waals surface area contributed by atoms with Gasteiger partial charge in [0.15, 0.2) is 0 Å². The lowest BCUT2D eigenvalue weighted by atomic mass is 9.92. The van der Waals surface area contributed by atoms with Gasteiger partial charge in [0.25, 0.3) is 0 Å². The number of hydrogen-bond acceptors (Lipinski definition) is 3. The molecule has 4 heteroatoms. The van der Waals surface area contributed by atoms with Crippen LogP contribution in [0.25, 0.3) is 0 Å². The van der Waals surface area contributed by atoms with Gasteiger partial charge in [0.2, 0.25) is 0 Å². The monoisotopic (exact) mass is 272 g/mol. The van der Waals surface area contributed by atoms with Crippen molar-refractivity contribution in [2.45, 2.75) is 12.3 Å². The molecule has 2 aromatic rings. The number of ether oxygens (including phenoxy) is 1. The van der Waals surface area contributed by atoms with Crippen LogP contribution in [0.1, 0.15) is 17.0 Å². The largest absolute Gasteiger partial charge is 0.508 e. The van der Waals surface area contributed by atoms with Crippen LogP contribution >= 0.6 is 0 Å². The highest BCUT2D eigenvalue weighted by Crippen LogP contribution is 2.25. The third kappa shape index (κ3) is 3.29. The van der Waals surface area contributed by atoms with E-state index in [-0.39, 0.29) is 5.75 Å². The number of carbonyl (C=O) groups is 1. The van der Waals surface area contributed by atoms with Crippen molar-refractivity contribution in [1.82, 2.24) is 0 Å². The quantitative estimate of drug-likeness (QED) is 0.878. The van der Waals surface area contributed by atoms with Gasteiger partial charge in [-0.05, 0) is 41.8 Å². The zero-order valence-electron chi connectivity index (χ0n) is 11.1. The number of rotatable bonds is 5. The summed E-state index contributed by atoms with van der Waals surface area (Å²) in [6.45, 7) is 0. The molecule has 2 rings (SSSR count). The summed E-state index contributed by atoms with van der Waals surface area (Å²) in [6, 6.07) is 13.7. The van der Waals surface area contributed by atoms with Gasteiger partial charge in [0, 0.05) is 0 Å². The number of phenols is 1. The fourth-order valence-electron chi connectivity index (χ4n) is 2.09. The van der Waals surface area contributed by atoms with Crippen molar-refractivity contribution in [3.63, 3.8) is 0 Å². The first-order chi connectivity index (χ1) is 9.60. The number of aliphatic carboxylic acids is 1. The number of aromatic hydroxyl groups is 1. The molecule has 0 aromatic heterocycles. The zero-order chi connectivity index (χ0) is 14.5. The molecule has 0 aliphatic heterocycles. The van der Waals surface area contributed by atoms with Crippen molar-refractivity contribution >= 4 is 5.97 Å². The summed E-state index contributed by atoms with van der Waals surface area (Å²) in [6.07, 6.45) is 0.364. The van der Waals surface area contributed by atoms with E-state index in [1.807, 2.05) is 12.1 Å². The van der Waals surface area contributed by atoms with E-state index in [4.69, 9.17) is 4.74 Å². The Morgan fingerprint density at radius 1 is 1.20 bits per heavy atom. The molecule has 0 bridgehead atoms. The maximum absolute atomic E-state index is 11.4. The van der Waals surface area contributed by atoms with E-state index in [1.54, 1.807) is 31.4 Å². The molecule has 1 unspecified atom stereocenters. The normalized spacial score (nSPS) is 11.8. The summed E-state index contributed by atoms with van der Waals surface area (Å²) in [7, 11) is 1.59. The van der Waals surface area contributed by atoms with Gasteiger partial charge < -0.3 is 14.9 Å². The summed E-state index contributed by atoms with van der Waals surface area (Å²) in [5.41, 5.74) is 1.50. The van der Waals surface area contributed by atoms with E-state index in [0.29, 0.717) is 12.0 Å². The molecule has 0 saturated carbocycles. The predicted octanol–water partition coefficient (Wildman–Crippen LogP) is 2.81. The van der Waals surface area contributed by atoms with E-state index in [9.17, 15) is 15.0 Å². The second-order valence-corrected chi connectivity index (χ2v) is 4.54. The number of benzene rings is 2. The zero-order valence-corrected chi connectivity index (χ0v) is 11.1. The van der Waals surface area contributed by atoms with Crippen LogP contribution < -0.4 is 4.74 Å². The molecule has 0 amide bonds. The van der Waals surface area contributed by atoms with Gasteiger partial charge in [0.1, 0.15) is 11.5 Å². The molecule has 0 aliphatic carbocycles. The number of hydrogen-bond donors (Lipinski definition) is 2. The third-order valence-electron chi connectivity index (χ3n) is 3.17. The van der Waals surface area contributed by atoms with Crippen LogP contribution in [0.2, 0.25) is 0 Å². The van der Waals surface area contributed by atoms with Crippen LogP contribution in [0.4, 0.5) is 0 Å². The molecule has 0 radical (unpaired) electrons. The summed E-state index contributed by atoms with van der Waals surface area (Å²) in [5.74, 6) is -0.789. The Hall–Kier alpha value is -2.49. The van der Waals surface area contributed by atoms with Crippen LogP contribution in [0.3, 0.4) is 0 Å². The van der Waals surface area contributed by atoms with Gasteiger partial charge in [-0.1, -0.05) is 24.3 Å². The minimum atomic E-state index is -0.911. The van der Waals surface area contributed by atoms with Gasteiger partial charge in [-0.3, -0.25) is 4.79 Å². The van der Waals surface area contributed by atoms with Gasteiger partial charge in [-0.25, -0.2) is 0 Å². The Labute approximate surface area is 117 Å². The van der Waals surface area contributed by atoms with Gasteiger partial charge >= 0.3 is 5.97 Å². The lowest BCUT2D eigenvalue weighted by Gasteiger charge is -2.13. The van der Waals surface area contributed by atoms with Crippen LogP contribution in [-0.4, -0.2) is 23.3 Å². The number of methoxy groups -OCH3 is 1. The van der Waals surface area contributed by atoms with E-state index in [2.05, 4.69) is 0 Å². The lowest BCUT2D eigenvalue weighted by Crippen LogP contribution is -2.14. The summed E-state index contributed by atoms with van der Waals surface area (Å²) in [4.78, 5) is 11.4. The van der Waals surface area contributed by atoms with Crippen molar-refractivity contribution in [3.8, 4) is 11.5 Å². The molecule has 0 fully saturated rings. The van der Waals surface area contributed by atoms with Gasteiger partial charge in [0.05, 0.1) is 13.0 Å².